The molecule has 0 aliphatic carbocycles. The number of aliphatic carboxylic acids is 1. The molecule has 0 saturated carbocycles. The van der Waals surface area contributed by atoms with Crippen LogP contribution in [0.15, 0.2) is 18.5 Å². The van der Waals surface area contributed by atoms with E-state index in [0.717, 1.165) is 12.3 Å². The summed E-state index contributed by atoms with van der Waals surface area (Å²) in [5.74, 6) is -2.71. The lowest BCUT2D eigenvalue weighted by atomic mass is 9.90. The average Bonchev–Trinajstić information content (AvgIpc) is 2.45. The molecule has 5 nitrogen and oxygen atoms in total. The van der Waals surface area contributed by atoms with Crippen molar-refractivity contribution in [1.29, 1.82) is 0 Å². The van der Waals surface area contributed by atoms with Crippen LogP contribution in [0.25, 0.3) is 0 Å². The van der Waals surface area contributed by atoms with E-state index in [-0.39, 0.29) is 19.0 Å². The smallest absolute Gasteiger partial charge is 0.418 e. The van der Waals surface area contributed by atoms with E-state index in [1.54, 1.807) is 6.92 Å². The topological polar surface area (TPSA) is 70.5 Å². The third-order valence-corrected chi connectivity index (χ3v) is 3.65. The Kier molecular flexibility index (Phi) is 4.39. The Bertz CT molecular complexity index is 589. The lowest BCUT2D eigenvalue weighted by Crippen LogP contribution is -2.46. The van der Waals surface area contributed by atoms with E-state index >= 15 is 0 Å². The summed E-state index contributed by atoms with van der Waals surface area (Å²) >= 11 is 0. The summed E-state index contributed by atoms with van der Waals surface area (Å²) in [6.07, 6.45) is -2.56. The van der Waals surface area contributed by atoms with E-state index in [4.69, 9.17) is 5.11 Å². The fourth-order valence-electron chi connectivity index (χ4n) is 2.67. The van der Waals surface area contributed by atoms with Gasteiger partial charge in [-0.25, -0.2) is 0 Å². The number of nitrogens with zero attached hydrogens (tertiary/aromatic N) is 2. The van der Waals surface area contributed by atoms with Crippen LogP contribution in [0.1, 0.15) is 29.3 Å². The Morgan fingerprint density at radius 1 is 1.36 bits per heavy atom. The Labute approximate surface area is 124 Å². The van der Waals surface area contributed by atoms with E-state index in [9.17, 15) is 22.8 Å². The van der Waals surface area contributed by atoms with Gasteiger partial charge in [-0.1, -0.05) is 6.92 Å². The second-order valence-electron chi connectivity index (χ2n) is 5.51. The van der Waals surface area contributed by atoms with Gasteiger partial charge >= 0.3 is 12.1 Å². The molecule has 1 fully saturated rings. The van der Waals surface area contributed by atoms with Crippen molar-refractivity contribution in [3.8, 4) is 0 Å². The van der Waals surface area contributed by atoms with Crippen LogP contribution in [0.2, 0.25) is 0 Å². The third kappa shape index (κ3) is 3.37. The number of rotatable bonds is 2. The van der Waals surface area contributed by atoms with E-state index < -0.39 is 35.1 Å². The van der Waals surface area contributed by atoms with Crippen LogP contribution in [0.4, 0.5) is 13.2 Å². The first-order valence-corrected chi connectivity index (χ1v) is 6.73. The molecular formula is C14H15F3N2O3. The zero-order valence-corrected chi connectivity index (χ0v) is 11.8. The minimum atomic E-state index is -4.69. The van der Waals surface area contributed by atoms with Crippen LogP contribution >= 0.6 is 0 Å². The number of piperidine rings is 1. The number of carboxylic acid groups (broad SMARTS) is 1. The van der Waals surface area contributed by atoms with Crippen molar-refractivity contribution in [3.63, 3.8) is 0 Å². The van der Waals surface area contributed by atoms with Crippen LogP contribution in [0.3, 0.4) is 0 Å². The molecule has 22 heavy (non-hydrogen) atoms. The highest BCUT2D eigenvalue weighted by atomic mass is 19.4. The quantitative estimate of drug-likeness (QED) is 0.909. The summed E-state index contributed by atoms with van der Waals surface area (Å²) in [7, 11) is 0. The number of pyridine rings is 1. The molecule has 2 atom stereocenters. The number of carbonyl (C=O) groups excluding carboxylic acids is 1. The Morgan fingerprint density at radius 3 is 2.64 bits per heavy atom. The first kappa shape index (κ1) is 16.3. The monoisotopic (exact) mass is 316 g/mol. The van der Waals surface area contributed by atoms with E-state index in [0.29, 0.717) is 12.6 Å². The second-order valence-corrected chi connectivity index (χ2v) is 5.51. The summed E-state index contributed by atoms with van der Waals surface area (Å²) in [5.41, 5.74) is -1.61. The van der Waals surface area contributed by atoms with Crippen molar-refractivity contribution >= 4 is 11.9 Å². The molecule has 1 aromatic rings. The summed E-state index contributed by atoms with van der Waals surface area (Å²) in [6, 6.07) is 1.01. The lowest BCUT2D eigenvalue weighted by molar-refractivity contribution is -0.144. The van der Waals surface area contributed by atoms with Gasteiger partial charge in [0.15, 0.2) is 0 Å². The highest BCUT2D eigenvalue weighted by Crippen LogP contribution is 2.32. The molecular weight excluding hydrogens is 301 g/mol. The molecule has 8 heteroatoms. The molecule has 2 unspecified atom stereocenters. The van der Waals surface area contributed by atoms with Gasteiger partial charge in [-0.15, -0.1) is 0 Å². The van der Waals surface area contributed by atoms with Crippen molar-refractivity contribution in [2.45, 2.75) is 19.5 Å². The number of halogens is 3. The van der Waals surface area contributed by atoms with Crippen molar-refractivity contribution in [3.05, 3.63) is 29.6 Å². The van der Waals surface area contributed by atoms with Crippen LogP contribution in [-0.2, 0) is 11.0 Å². The maximum absolute atomic E-state index is 13.0. The highest BCUT2D eigenvalue weighted by molar-refractivity contribution is 5.96. The van der Waals surface area contributed by atoms with Crippen molar-refractivity contribution in [2.24, 2.45) is 11.8 Å². The zero-order valence-electron chi connectivity index (χ0n) is 11.8. The van der Waals surface area contributed by atoms with Gasteiger partial charge in [0, 0.05) is 25.5 Å². The summed E-state index contributed by atoms with van der Waals surface area (Å²) in [5, 5.41) is 9.08. The molecule has 120 valence electrons. The number of carboxylic acids is 1. The first-order chi connectivity index (χ1) is 10.2. The largest absolute Gasteiger partial charge is 0.481 e. The summed E-state index contributed by atoms with van der Waals surface area (Å²) < 4.78 is 38.9. The highest BCUT2D eigenvalue weighted by Gasteiger charge is 2.38. The van der Waals surface area contributed by atoms with Gasteiger partial charge in [0.2, 0.25) is 0 Å². The van der Waals surface area contributed by atoms with Crippen LogP contribution < -0.4 is 0 Å². The molecule has 1 N–H and O–H groups in total. The number of likely N-dealkylation sites (tertiary alicyclic amines) is 1. The minimum absolute atomic E-state index is 0.0852. The molecule has 0 aromatic carbocycles. The molecule has 0 spiro atoms. The molecule has 1 aliphatic heterocycles. The second kappa shape index (κ2) is 5.94. The predicted molar refractivity (Wildman–Crippen MR) is 70.0 cm³/mol. The molecule has 2 rings (SSSR count). The normalized spacial score (nSPS) is 22.5. The fourth-order valence-corrected chi connectivity index (χ4v) is 2.67. The fraction of sp³-hybridized carbons (Fsp3) is 0.500. The van der Waals surface area contributed by atoms with E-state index in [2.05, 4.69) is 4.98 Å². The molecule has 0 bridgehead atoms. The third-order valence-electron chi connectivity index (χ3n) is 3.65. The number of alkyl halides is 3. The SMILES string of the molecule is CC1CC(C(=O)O)CN(C(=O)c2ccncc2C(F)(F)F)C1. The molecule has 2 heterocycles. The van der Waals surface area contributed by atoms with Gasteiger partial charge in [0.25, 0.3) is 5.91 Å². The summed E-state index contributed by atoms with van der Waals surface area (Å²) in [6.45, 7) is 1.92. The number of amides is 1. The van der Waals surface area contributed by atoms with E-state index in [1.807, 2.05) is 0 Å². The van der Waals surface area contributed by atoms with Crippen LogP contribution in [0.5, 0.6) is 0 Å². The molecule has 0 radical (unpaired) electrons. The zero-order chi connectivity index (χ0) is 16.5. The maximum atomic E-state index is 13.0. The van der Waals surface area contributed by atoms with E-state index in [1.165, 1.54) is 4.90 Å². The number of hydrogen-bond acceptors (Lipinski definition) is 3. The van der Waals surface area contributed by atoms with Crippen molar-refractivity contribution in [2.75, 3.05) is 13.1 Å². The standard InChI is InChI=1S/C14H15F3N2O3/c1-8-4-9(13(21)22)7-19(6-8)12(20)10-2-3-18-5-11(10)14(15,16)17/h2-3,5,8-9H,4,6-7H2,1H3,(H,21,22). The van der Waals surface area contributed by atoms with Gasteiger partial charge < -0.3 is 10.0 Å². The van der Waals surface area contributed by atoms with Crippen LogP contribution in [-0.4, -0.2) is 40.0 Å². The maximum Gasteiger partial charge on any atom is 0.418 e. The average molecular weight is 316 g/mol. The Hall–Kier alpha value is -2.12. The van der Waals surface area contributed by atoms with Crippen LogP contribution in [0, 0.1) is 11.8 Å². The summed E-state index contributed by atoms with van der Waals surface area (Å²) in [4.78, 5) is 28.1. The Morgan fingerprint density at radius 2 is 2.05 bits per heavy atom. The number of aromatic nitrogens is 1. The van der Waals surface area contributed by atoms with Crippen molar-refractivity contribution < 1.29 is 27.9 Å². The molecule has 1 amide bonds. The Balaban J connectivity index is 2.30. The van der Waals surface area contributed by atoms with Gasteiger partial charge in [-0.05, 0) is 18.4 Å². The minimum Gasteiger partial charge on any atom is -0.481 e. The van der Waals surface area contributed by atoms with Gasteiger partial charge in [0.1, 0.15) is 0 Å². The van der Waals surface area contributed by atoms with Gasteiger partial charge in [-0.3, -0.25) is 14.6 Å². The first-order valence-electron chi connectivity index (χ1n) is 6.73. The van der Waals surface area contributed by atoms with Gasteiger partial charge in [0.05, 0.1) is 17.0 Å². The number of carbonyl (C=O) groups is 2. The molecule has 1 aliphatic rings. The molecule has 1 aromatic heterocycles. The predicted octanol–water partition coefficient (Wildman–Crippen LogP) is 2.28. The van der Waals surface area contributed by atoms with Crippen molar-refractivity contribution in [1.82, 2.24) is 9.88 Å². The lowest BCUT2D eigenvalue weighted by Gasteiger charge is -2.35. The van der Waals surface area contributed by atoms with Gasteiger partial charge in [-0.2, -0.15) is 13.2 Å². The number of hydrogen-bond donors (Lipinski definition) is 1. The molecule has 1 saturated heterocycles.